The minimum atomic E-state index is -0.456. The molecule has 1 N–H and O–H groups in total. The summed E-state index contributed by atoms with van der Waals surface area (Å²) < 4.78 is 14.0. The van der Waals surface area contributed by atoms with E-state index in [0.29, 0.717) is 18.2 Å². The number of carbonyl (C=O) groups excluding carboxylic acids is 1. The molecule has 7 heteroatoms. The molecule has 1 fully saturated rings. The van der Waals surface area contributed by atoms with E-state index in [4.69, 9.17) is 0 Å². The molecule has 1 atom stereocenters. The summed E-state index contributed by atoms with van der Waals surface area (Å²) in [5.41, 5.74) is 1.03. The molecular formula is C16H18FN3O2S. The summed E-state index contributed by atoms with van der Waals surface area (Å²) in [6.45, 7) is 3.48. The molecule has 0 bridgehead atoms. The summed E-state index contributed by atoms with van der Waals surface area (Å²) >= 11 is 1.31. The number of aromatic nitrogens is 1. The number of para-hydroxylation sites is 1. The molecule has 1 saturated heterocycles. The van der Waals surface area contributed by atoms with Gasteiger partial charge in [-0.3, -0.25) is 14.6 Å². The highest BCUT2D eigenvalue weighted by Gasteiger charge is 2.23. The van der Waals surface area contributed by atoms with Crippen LogP contribution in [-0.2, 0) is 11.3 Å². The Hall–Kier alpha value is -1.83. The number of rotatable bonds is 4. The molecule has 5 nitrogen and oxygen atoms in total. The first-order valence-corrected chi connectivity index (χ1v) is 8.32. The van der Waals surface area contributed by atoms with Crippen LogP contribution in [0.3, 0.4) is 0 Å². The number of benzene rings is 1. The summed E-state index contributed by atoms with van der Waals surface area (Å²) in [6.07, 6.45) is 0.492. The van der Waals surface area contributed by atoms with E-state index < -0.39 is 5.82 Å². The molecule has 1 aliphatic rings. The molecule has 0 aliphatic carbocycles. The molecule has 1 amide bonds. The maximum absolute atomic E-state index is 14.0. The zero-order chi connectivity index (χ0) is 16.4. The number of hydrogen-bond donors (Lipinski definition) is 1. The van der Waals surface area contributed by atoms with E-state index in [2.05, 4.69) is 9.88 Å². The number of hydrogen-bond acceptors (Lipinski definition) is 5. The highest BCUT2D eigenvalue weighted by Crippen LogP contribution is 2.31. The fourth-order valence-electron chi connectivity index (χ4n) is 2.70. The van der Waals surface area contributed by atoms with Crippen LogP contribution in [0, 0.1) is 5.82 Å². The van der Waals surface area contributed by atoms with E-state index in [9.17, 15) is 14.3 Å². The number of nitrogens with zero attached hydrogens (tertiary/aromatic N) is 3. The Morgan fingerprint density at radius 1 is 1.52 bits per heavy atom. The lowest BCUT2D eigenvalue weighted by atomic mass is 10.3. The highest BCUT2D eigenvalue weighted by molar-refractivity contribution is 7.14. The van der Waals surface area contributed by atoms with Crippen LogP contribution in [0.4, 0.5) is 15.2 Å². The Labute approximate surface area is 138 Å². The smallest absolute Gasteiger partial charge is 0.230 e. The molecule has 122 valence electrons. The van der Waals surface area contributed by atoms with E-state index in [-0.39, 0.29) is 17.7 Å². The van der Waals surface area contributed by atoms with Gasteiger partial charge < -0.3 is 5.11 Å². The van der Waals surface area contributed by atoms with Crippen molar-refractivity contribution in [3.05, 3.63) is 41.2 Å². The van der Waals surface area contributed by atoms with Crippen molar-refractivity contribution >= 4 is 28.1 Å². The predicted molar refractivity (Wildman–Crippen MR) is 87.2 cm³/mol. The van der Waals surface area contributed by atoms with Crippen molar-refractivity contribution in [1.82, 2.24) is 9.88 Å². The van der Waals surface area contributed by atoms with Gasteiger partial charge in [-0.2, -0.15) is 0 Å². The SMILES string of the molecule is CC(=O)N(c1nc(CN2CCC(O)C2)cs1)c1ccccc1F. The molecule has 0 saturated carbocycles. The van der Waals surface area contributed by atoms with Crippen LogP contribution in [0.2, 0.25) is 0 Å². The Kier molecular flexibility index (Phi) is 4.70. The second kappa shape index (κ2) is 6.74. The largest absolute Gasteiger partial charge is 0.392 e. The minimum absolute atomic E-state index is 0.206. The number of amides is 1. The first kappa shape index (κ1) is 16.0. The summed E-state index contributed by atoms with van der Waals surface area (Å²) in [5.74, 6) is -0.741. The summed E-state index contributed by atoms with van der Waals surface area (Å²) in [6, 6.07) is 6.16. The zero-order valence-corrected chi connectivity index (χ0v) is 13.6. The van der Waals surface area contributed by atoms with Gasteiger partial charge in [0.2, 0.25) is 5.91 Å². The average molecular weight is 335 g/mol. The lowest BCUT2D eigenvalue weighted by Gasteiger charge is -2.18. The quantitative estimate of drug-likeness (QED) is 0.933. The first-order valence-electron chi connectivity index (χ1n) is 7.44. The van der Waals surface area contributed by atoms with Gasteiger partial charge in [-0.15, -0.1) is 11.3 Å². The standard InChI is InChI=1S/C16H18FN3O2S/c1-11(21)20(15-5-3-2-4-14(15)17)16-18-12(10-23-16)8-19-7-6-13(22)9-19/h2-5,10,13,22H,6-9H2,1H3. The van der Waals surface area contributed by atoms with E-state index in [0.717, 1.165) is 18.7 Å². The Balaban J connectivity index is 1.82. The van der Waals surface area contributed by atoms with Gasteiger partial charge in [-0.05, 0) is 18.6 Å². The lowest BCUT2D eigenvalue weighted by Crippen LogP contribution is -2.24. The number of halogens is 1. The molecule has 0 radical (unpaired) electrons. The third-order valence-corrected chi connectivity index (χ3v) is 4.65. The van der Waals surface area contributed by atoms with Gasteiger partial charge in [0, 0.05) is 31.9 Å². The highest BCUT2D eigenvalue weighted by atomic mass is 32.1. The van der Waals surface area contributed by atoms with Crippen LogP contribution in [0.5, 0.6) is 0 Å². The van der Waals surface area contributed by atoms with Gasteiger partial charge in [-0.25, -0.2) is 9.37 Å². The zero-order valence-electron chi connectivity index (χ0n) is 12.8. The number of aliphatic hydroxyl groups excluding tert-OH is 1. The molecule has 1 aliphatic heterocycles. The number of carbonyl (C=O) groups is 1. The third kappa shape index (κ3) is 3.57. The van der Waals surface area contributed by atoms with Crippen LogP contribution in [0.1, 0.15) is 19.0 Å². The fraction of sp³-hybridized carbons (Fsp3) is 0.375. The second-order valence-electron chi connectivity index (χ2n) is 5.60. The molecule has 0 spiro atoms. The normalized spacial score (nSPS) is 18.3. The van der Waals surface area contributed by atoms with E-state index >= 15 is 0 Å². The summed E-state index contributed by atoms with van der Waals surface area (Å²) in [4.78, 5) is 19.9. The van der Waals surface area contributed by atoms with Gasteiger partial charge in [0.15, 0.2) is 5.13 Å². The van der Waals surface area contributed by atoms with Gasteiger partial charge in [0.1, 0.15) is 5.82 Å². The predicted octanol–water partition coefficient (Wildman–Crippen LogP) is 2.53. The monoisotopic (exact) mass is 335 g/mol. The van der Waals surface area contributed by atoms with Crippen LogP contribution in [0.25, 0.3) is 0 Å². The van der Waals surface area contributed by atoms with Gasteiger partial charge in [0.25, 0.3) is 0 Å². The third-order valence-electron chi connectivity index (χ3n) is 3.77. The van der Waals surface area contributed by atoms with Crippen molar-refractivity contribution in [1.29, 1.82) is 0 Å². The molecule has 2 heterocycles. The van der Waals surface area contributed by atoms with Crippen molar-refractivity contribution in [2.45, 2.75) is 26.0 Å². The Bertz CT molecular complexity index is 706. The van der Waals surface area contributed by atoms with Crippen LogP contribution >= 0.6 is 11.3 Å². The van der Waals surface area contributed by atoms with Crippen molar-refractivity contribution in [3.63, 3.8) is 0 Å². The number of anilines is 2. The van der Waals surface area contributed by atoms with Crippen LogP contribution in [0.15, 0.2) is 29.6 Å². The number of likely N-dealkylation sites (tertiary alicyclic amines) is 1. The second-order valence-corrected chi connectivity index (χ2v) is 6.44. The number of aliphatic hydroxyl groups is 1. The van der Waals surface area contributed by atoms with Crippen molar-refractivity contribution in [3.8, 4) is 0 Å². The molecular weight excluding hydrogens is 317 g/mol. The van der Waals surface area contributed by atoms with Gasteiger partial charge >= 0.3 is 0 Å². The Morgan fingerprint density at radius 3 is 2.96 bits per heavy atom. The molecule has 23 heavy (non-hydrogen) atoms. The minimum Gasteiger partial charge on any atom is -0.392 e. The summed E-state index contributed by atoms with van der Waals surface area (Å²) in [5, 5.41) is 11.9. The molecule has 1 unspecified atom stereocenters. The van der Waals surface area contributed by atoms with Crippen LogP contribution < -0.4 is 4.90 Å². The molecule has 1 aromatic carbocycles. The molecule has 2 aromatic rings. The van der Waals surface area contributed by atoms with Gasteiger partial charge in [-0.1, -0.05) is 12.1 Å². The molecule has 3 rings (SSSR count). The Morgan fingerprint density at radius 2 is 2.30 bits per heavy atom. The maximum atomic E-state index is 14.0. The van der Waals surface area contributed by atoms with Crippen molar-refractivity contribution in [2.75, 3.05) is 18.0 Å². The fourth-order valence-corrected chi connectivity index (χ4v) is 3.57. The number of β-amino-alcohol motifs (C(OH)–C–C–N with tert-alkyl or cyclic N) is 1. The molecule has 1 aromatic heterocycles. The van der Waals surface area contributed by atoms with Crippen molar-refractivity contribution in [2.24, 2.45) is 0 Å². The van der Waals surface area contributed by atoms with E-state index in [1.807, 2.05) is 5.38 Å². The van der Waals surface area contributed by atoms with Gasteiger partial charge in [0.05, 0.1) is 17.5 Å². The summed E-state index contributed by atoms with van der Waals surface area (Å²) in [7, 11) is 0. The maximum Gasteiger partial charge on any atom is 0.230 e. The van der Waals surface area contributed by atoms with Crippen molar-refractivity contribution < 1.29 is 14.3 Å². The topological polar surface area (TPSA) is 56.7 Å². The first-order chi connectivity index (χ1) is 11.0. The average Bonchev–Trinajstić information content (AvgIpc) is 3.11. The number of thiazole rings is 1. The van der Waals surface area contributed by atoms with Crippen LogP contribution in [-0.4, -0.2) is 40.1 Å². The lowest BCUT2D eigenvalue weighted by molar-refractivity contribution is -0.115. The van der Waals surface area contributed by atoms with E-state index in [1.54, 1.807) is 18.2 Å². The van der Waals surface area contributed by atoms with E-state index in [1.165, 1.54) is 29.2 Å².